The number of nitrogens with zero attached hydrogens (tertiary/aromatic N) is 2. The molecule has 3 rings (SSSR count). The number of likely N-dealkylation sites (tertiary alicyclic amines) is 1. The number of hydrogen-bond acceptors (Lipinski definition) is 7. The van der Waals surface area contributed by atoms with Gasteiger partial charge in [0.05, 0.1) is 24.0 Å². The van der Waals surface area contributed by atoms with Crippen LogP contribution < -0.4 is 16.0 Å². The van der Waals surface area contributed by atoms with Crippen molar-refractivity contribution in [3.8, 4) is 5.69 Å². The van der Waals surface area contributed by atoms with Crippen LogP contribution in [0.25, 0.3) is 5.69 Å². The molecule has 0 spiro atoms. The summed E-state index contributed by atoms with van der Waals surface area (Å²) in [4.78, 5) is 25.5. The average Bonchev–Trinajstić information content (AvgIpc) is 3.25. The minimum atomic E-state index is -0.541. The minimum absolute atomic E-state index is 0.176. The molecule has 2 aromatic rings. The molecule has 2 heterocycles. The van der Waals surface area contributed by atoms with E-state index in [2.05, 4.69) is 17.0 Å². The van der Waals surface area contributed by atoms with E-state index in [1.54, 1.807) is 41.4 Å². The van der Waals surface area contributed by atoms with Gasteiger partial charge < -0.3 is 20.1 Å². The number of benzene rings is 1. The van der Waals surface area contributed by atoms with Crippen LogP contribution in [-0.4, -0.2) is 47.4 Å². The van der Waals surface area contributed by atoms with Gasteiger partial charge in [0.25, 0.3) is 5.56 Å². The van der Waals surface area contributed by atoms with Gasteiger partial charge in [-0.05, 0) is 59.4 Å². The number of halogens is 1. The highest BCUT2D eigenvalue weighted by atomic mass is 32.2. The van der Waals surface area contributed by atoms with E-state index in [9.17, 15) is 14.0 Å². The van der Waals surface area contributed by atoms with Crippen molar-refractivity contribution in [2.45, 2.75) is 45.8 Å². The topological polar surface area (TPSA) is 98.8 Å². The van der Waals surface area contributed by atoms with Crippen molar-refractivity contribution < 1.29 is 18.1 Å². The standard InChI is InChI=1S/C20H24FN3O4S.C3H6.CH5N/c1-20(2,3)27-19(26)23-11-9-15(13-23)28-29-22-17-8-7-14(12-16(17)21)24-10-5-4-6-18(24)25;1-3-2;1-2/h4-8,10,12,15,22H,9,11,13H2,1-3H3;3H,1H2,2H3;2H2,1H3. The summed E-state index contributed by atoms with van der Waals surface area (Å²) in [6.45, 7) is 11.7. The predicted octanol–water partition coefficient (Wildman–Crippen LogP) is 4.74. The van der Waals surface area contributed by atoms with Crippen LogP contribution >= 0.6 is 12.2 Å². The van der Waals surface area contributed by atoms with E-state index in [0.717, 1.165) is 12.2 Å². The summed E-state index contributed by atoms with van der Waals surface area (Å²) in [6, 6.07) is 9.22. The van der Waals surface area contributed by atoms with Gasteiger partial charge in [-0.2, -0.15) is 0 Å². The molecule has 0 saturated carbocycles. The monoisotopic (exact) mass is 494 g/mol. The van der Waals surface area contributed by atoms with Gasteiger partial charge in [-0.3, -0.25) is 13.5 Å². The van der Waals surface area contributed by atoms with Crippen LogP contribution in [0.5, 0.6) is 0 Å². The highest BCUT2D eigenvalue weighted by Crippen LogP contribution is 2.24. The van der Waals surface area contributed by atoms with Crippen LogP contribution in [0.15, 0.2) is 60.0 Å². The van der Waals surface area contributed by atoms with Crippen LogP contribution in [0.2, 0.25) is 0 Å². The smallest absolute Gasteiger partial charge is 0.410 e. The van der Waals surface area contributed by atoms with Crippen molar-refractivity contribution in [1.29, 1.82) is 0 Å². The number of rotatable bonds is 5. The summed E-state index contributed by atoms with van der Waals surface area (Å²) >= 11 is 0.912. The average molecular weight is 495 g/mol. The molecule has 188 valence electrons. The Morgan fingerprint density at radius 2 is 1.97 bits per heavy atom. The van der Waals surface area contributed by atoms with E-state index < -0.39 is 11.4 Å². The fourth-order valence-electron chi connectivity index (χ4n) is 2.81. The van der Waals surface area contributed by atoms with Crippen molar-refractivity contribution in [3.05, 3.63) is 71.4 Å². The van der Waals surface area contributed by atoms with Crippen LogP contribution in [0.3, 0.4) is 0 Å². The second kappa shape index (κ2) is 14.4. The van der Waals surface area contributed by atoms with Gasteiger partial charge >= 0.3 is 6.09 Å². The van der Waals surface area contributed by atoms with Gasteiger partial charge in [-0.15, -0.1) is 6.58 Å². The molecule has 8 nitrogen and oxygen atoms in total. The molecule has 3 N–H and O–H groups in total. The molecule has 1 atom stereocenters. The molecule has 10 heteroatoms. The number of carbonyl (C=O) groups excluding carboxylic acids is 1. The van der Waals surface area contributed by atoms with E-state index in [0.29, 0.717) is 25.2 Å². The van der Waals surface area contributed by atoms with E-state index in [-0.39, 0.29) is 23.4 Å². The lowest BCUT2D eigenvalue weighted by atomic mass is 10.2. The zero-order valence-electron chi connectivity index (χ0n) is 20.4. The maximum absolute atomic E-state index is 14.4. The Morgan fingerprint density at radius 3 is 2.56 bits per heavy atom. The molecule has 1 aliphatic rings. The highest BCUT2D eigenvalue weighted by molar-refractivity contribution is 7.96. The van der Waals surface area contributed by atoms with Gasteiger partial charge in [-0.1, -0.05) is 12.1 Å². The van der Waals surface area contributed by atoms with Crippen LogP contribution in [0, 0.1) is 5.82 Å². The first kappa shape index (κ1) is 29.2. The fraction of sp³-hybridized carbons (Fsp3) is 0.417. The Morgan fingerprint density at radius 1 is 1.29 bits per heavy atom. The van der Waals surface area contributed by atoms with E-state index in [1.165, 1.54) is 23.7 Å². The number of carbonyl (C=O) groups is 1. The quantitative estimate of drug-likeness (QED) is 0.352. The molecule has 1 fully saturated rings. The lowest BCUT2D eigenvalue weighted by molar-refractivity contribution is 0.0279. The number of amides is 1. The molecule has 1 unspecified atom stereocenters. The number of anilines is 1. The SMILES string of the molecule is C=CC.CC(C)(C)OC(=O)N1CCC(OSNc2ccc(-n3ccccc3=O)cc2F)C1.CN. The summed E-state index contributed by atoms with van der Waals surface area (Å²) in [7, 11) is 1.50. The minimum Gasteiger partial charge on any atom is -0.444 e. The first-order chi connectivity index (χ1) is 16.1. The van der Waals surface area contributed by atoms with E-state index >= 15 is 0 Å². The Labute approximate surface area is 205 Å². The number of ether oxygens (including phenoxy) is 1. The second-order valence-electron chi connectivity index (χ2n) is 8.10. The van der Waals surface area contributed by atoms with Gasteiger partial charge in [0, 0.05) is 24.9 Å². The zero-order valence-corrected chi connectivity index (χ0v) is 21.2. The van der Waals surface area contributed by atoms with Crippen molar-refractivity contribution in [2.24, 2.45) is 5.73 Å². The Kier molecular flexibility index (Phi) is 12.4. The maximum Gasteiger partial charge on any atom is 0.410 e. The van der Waals surface area contributed by atoms with Gasteiger partial charge in [0.15, 0.2) is 0 Å². The van der Waals surface area contributed by atoms with Crippen LogP contribution in [0.1, 0.15) is 34.1 Å². The fourth-order valence-corrected chi connectivity index (χ4v) is 3.41. The van der Waals surface area contributed by atoms with Crippen molar-refractivity contribution >= 4 is 24.0 Å². The largest absolute Gasteiger partial charge is 0.444 e. The number of pyridine rings is 1. The first-order valence-corrected chi connectivity index (χ1v) is 11.6. The molecule has 1 saturated heterocycles. The Hall–Kier alpha value is -2.82. The highest BCUT2D eigenvalue weighted by Gasteiger charge is 2.30. The molecule has 1 amide bonds. The third kappa shape index (κ3) is 9.58. The summed E-state index contributed by atoms with van der Waals surface area (Å²) in [6.07, 6.45) is 3.47. The van der Waals surface area contributed by atoms with Crippen LogP contribution in [0.4, 0.5) is 14.9 Å². The van der Waals surface area contributed by atoms with Crippen molar-refractivity contribution in [2.75, 3.05) is 24.9 Å². The van der Waals surface area contributed by atoms with Gasteiger partial charge in [0.1, 0.15) is 23.6 Å². The van der Waals surface area contributed by atoms with Crippen LogP contribution in [-0.2, 0) is 8.92 Å². The number of nitrogens with one attached hydrogen (secondary N) is 1. The normalized spacial score (nSPS) is 14.8. The molecule has 0 bridgehead atoms. The second-order valence-corrected chi connectivity index (χ2v) is 8.66. The molecule has 1 aliphatic heterocycles. The molecule has 0 aliphatic carbocycles. The molecule has 34 heavy (non-hydrogen) atoms. The zero-order chi connectivity index (χ0) is 25.7. The summed E-state index contributed by atoms with van der Waals surface area (Å²) in [5, 5.41) is 0. The molecular weight excluding hydrogens is 459 g/mol. The lowest BCUT2D eigenvalue weighted by Crippen LogP contribution is -2.35. The van der Waals surface area contributed by atoms with Crippen molar-refractivity contribution in [1.82, 2.24) is 9.47 Å². The Bertz CT molecular complexity index is 978. The first-order valence-electron chi connectivity index (χ1n) is 10.8. The van der Waals surface area contributed by atoms with Crippen molar-refractivity contribution in [3.63, 3.8) is 0 Å². The lowest BCUT2D eigenvalue weighted by Gasteiger charge is -2.24. The molecule has 1 aromatic carbocycles. The maximum atomic E-state index is 14.4. The number of hydrogen-bond donors (Lipinski definition) is 2. The van der Waals surface area contributed by atoms with E-state index in [4.69, 9.17) is 8.92 Å². The summed E-state index contributed by atoms with van der Waals surface area (Å²) in [5.41, 5.74) is 4.40. The molecule has 0 radical (unpaired) electrons. The summed E-state index contributed by atoms with van der Waals surface area (Å²) < 4.78 is 29.5. The molecular formula is C24H35FN4O4S. The third-order valence-corrected chi connectivity index (χ3v) is 4.86. The number of aromatic nitrogens is 1. The third-order valence-electron chi connectivity index (χ3n) is 4.19. The predicted molar refractivity (Wildman–Crippen MR) is 136 cm³/mol. The number of allylic oxidation sites excluding steroid dienone is 1. The number of nitrogens with two attached hydrogens (primary N) is 1. The van der Waals surface area contributed by atoms with Gasteiger partial charge in [0.2, 0.25) is 0 Å². The summed E-state index contributed by atoms with van der Waals surface area (Å²) in [5.74, 6) is -0.504. The molecule has 1 aromatic heterocycles. The Balaban J connectivity index is 0.00000107. The van der Waals surface area contributed by atoms with E-state index in [1.807, 2.05) is 27.7 Å². The van der Waals surface area contributed by atoms with Gasteiger partial charge in [-0.25, -0.2) is 9.18 Å².